The van der Waals surface area contributed by atoms with Gasteiger partial charge in [-0.05, 0) is 133 Å². The number of fused-ring (bicyclic) bond motifs is 4. The van der Waals surface area contributed by atoms with E-state index < -0.39 is 0 Å². The van der Waals surface area contributed by atoms with Gasteiger partial charge in [-0.1, -0.05) is 104 Å². The van der Waals surface area contributed by atoms with Crippen LogP contribution in [0.5, 0.6) is 0 Å². The van der Waals surface area contributed by atoms with Gasteiger partial charge >= 0.3 is 14.4 Å². The minimum atomic E-state index is 0. The van der Waals surface area contributed by atoms with Gasteiger partial charge in [-0.25, -0.2) is 0 Å². The third kappa shape index (κ3) is 25.2. The summed E-state index contributed by atoms with van der Waals surface area (Å²) in [5.74, 6) is 7.13. The first-order valence-corrected chi connectivity index (χ1v) is 21.8. The fraction of sp³-hybridized carbons (Fsp3) is 0.787. The minimum Gasteiger partial charge on any atom is 0 e. The third-order valence-electron chi connectivity index (χ3n) is 12.2. The largest absolute Gasteiger partial charge is 0 e. The van der Waals surface area contributed by atoms with Crippen LogP contribution >= 0.6 is 0 Å². The Morgan fingerprint density at radius 3 is 1.44 bits per heavy atom. The first kappa shape index (κ1) is 51.2. The quantitative estimate of drug-likeness (QED) is 0.166. The van der Waals surface area contributed by atoms with Crippen LogP contribution in [0.3, 0.4) is 0 Å². The molecule has 0 heterocycles. The van der Waals surface area contributed by atoms with Gasteiger partial charge in [0.05, 0.1) is 56.7 Å². The van der Waals surface area contributed by atoms with Crippen LogP contribution in [0.2, 0.25) is 1.41 Å². The molecular formula is C47H83BNO5V. The molecule has 0 amide bonds. The Labute approximate surface area is 354 Å². The number of hydrogen-bond acceptors (Lipinski definition) is 6. The number of hydrogen-bond donors (Lipinski definition) is 1. The standard InChI is InChI=1S/C14H26O.C11H18O.C10H18O.C9H14O.C3H6O.BHN.V/c1-2-15-14-12-10-8-6-4-3-5-7-9-11-13-14;1-8(2)12-7-11-6-9-3-4-10(11)5-9;1-9(2)11-8-10-6-4-3-5-7-10;1-2-10-9-7-3-4-8(9)6-5-7;1-3-4-2;1-2;/h2,14H,1,3-13H2;9-11H,1,3-7H2,2H3;10H,1,3-8H2,2H3;2,7-9H,1,3-6H2;3H,1H2,2H3;2H;/i;;;;;2D;. The summed E-state index contributed by atoms with van der Waals surface area (Å²) in [7, 11) is 5.70. The van der Waals surface area contributed by atoms with Crippen molar-refractivity contribution in [2.75, 3.05) is 20.3 Å². The van der Waals surface area contributed by atoms with Crippen LogP contribution in [0, 0.1) is 40.8 Å². The molecule has 0 aromatic rings. The Morgan fingerprint density at radius 2 is 1.04 bits per heavy atom. The molecule has 6 aliphatic rings. The van der Waals surface area contributed by atoms with Crippen LogP contribution < -0.4 is 0 Å². The second kappa shape index (κ2) is 35.3. The number of ether oxygens (including phenoxy) is 5. The Balaban J connectivity index is 0.000000682. The predicted molar refractivity (Wildman–Crippen MR) is 229 cm³/mol. The van der Waals surface area contributed by atoms with Gasteiger partial charge in [-0.3, -0.25) is 0 Å². The Kier molecular flexibility index (Phi) is 32.9. The van der Waals surface area contributed by atoms with Crippen LogP contribution in [0.15, 0.2) is 63.2 Å². The van der Waals surface area contributed by atoms with Crippen LogP contribution in [0.1, 0.15) is 168 Å². The van der Waals surface area contributed by atoms with Crippen molar-refractivity contribution in [3.63, 3.8) is 0 Å². The molecule has 0 aliphatic heterocycles. The van der Waals surface area contributed by atoms with E-state index in [2.05, 4.69) is 50.6 Å². The zero-order valence-corrected chi connectivity index (χ0v) is 37.2. The Bertz CT molecular complexity index is 995. The van der Waals surface area contributed by atoms with Crippen molar-refractivity contribution in [1.82, 2.24) is 0 Å². The molecule has 3 unspecified atom stereocenters. The van der Waals surface area contributed by atoms with Gasteiger partial charge in [0.15, 0.2) is 0 Å². The van der Waals surface area contributed by atoms with E-state index in [0.717, 1.165) is 60.2 Å². The number of allylic oxidation sites excluding steroid dienone is 2. The van der Waals surface area contributed by atoms with E-state index >= 15 is 0 Å². The van der Waals surface area contributed by atoms with E-state index in [1.54, 1.807) is 19.6 Å². The number of nitrogens with one attached hydrogen (secondary N) is 1. The first-order chi connectivity index (χ1) is 26.7. The van der Waals surface area contributed by atoms with E-state index in [-0.39, 0.29) is 18.6 Å². The van der Waals surface area contributed by atoms with Crippen LogP contribution in [-0.2, 0) is 42.2 Å². The zero-order chi connectivity index (χ0) is 40.5. The molecule has 2 radical (unpaired) electrons. The molecule has 0 spiro atoms. The fourth-order valence-electron chi connectivity index (χ4n) is 9.36. The molecule has 0 aromatic heterocycles. The van der Waals surface area contributed by atoms with Gasteiger partial charge in [-0.15, -0.1) is 0 Å². The predicted octanol–water partition coefficient (Wildman–Crippen LogP) is 13.9. The van der Waals surface area contributed by atoms with Crippen LogP contribution in [0.25, 0.3) is 0 Å². The summed E-state index contributed by atoms with van der Waals surface area (Å²) in [5, 5.41) is 2.25. The SMILES string of the molecule is C=C(C)OCC1CC2CCC1C2.C=C(C)OCC1CCCCC1.C=COC.C=COC1C2CCC1CC2.C=COC1CCCCCCCCCCC1.[2H]N=[B].[V]. The van der Waals surface area contributed by atoms with Crippen molar-refractivity contribution in [3.8, 4) is 0 Å². The molecule has 55 heavy (non-hydrogen) atoms. The molecule has 6 aliphatic carbocycles. The second-order valence-electron chi connectivity index (χ2n) is 16.5. The smallest absolute Gasteiger partial charge is 0 e. The van der Waals surface area contributed by atoms with Gasteiger partial charge < -0.3 is 23.7 Å². The average molecular weight is 805 g/mol. The number of rotatable bonds is 11. The summed E-state index contributed by atoms with van der Waals surface area (Å²) in [5.41, 5.74) is 0. The van der Waals surface area contributed by atoms with Crippen LogP contribution in [-0.4, -0.2) is 40.2 Å². The molecule has 6 saturated carbocycles. The van der Waals surface area contributed by atoms with Crippen molar-refractivity contribution < 1.29 is 43.7 Å². The first-order valence-electron chi connectivity index (χ1n) is 22.2. The van der Waals surface area contributed by atoms with Gasteiger partial charge in [0.2, 0.25) is 0 Å². The van der Waals surface area contributed by atoms with E-state index in [1.807, 2.05) is 13.8 Å². The van der Waals surface area contributed by atoms with Gasteiger partial charge in [0, 0.05) is 18.6 Å². The summed E-state index contributed by atoms with van der Waals surface area (Å²) >= 11 is 0. The summed E-state index contributed by atoms with van der Waals surface area (Å²) in [6.45, 7) is 23.7. The van der Waals surface area contributed by atoms with Gasteiger partial charge in [0.1, 0.15) is 6.10 Å². The summed E-state index contributed by atoms with van der Waals surface area (Å²) in [6.07, 6.45) is 39.0. The molecule has 314 valence electrons. The monoisotopic (exact) mass is 805 g/mol. The van der Waals surface area contributed by atoms with E-state index in [0.29, 0.717) is 12.2 Å². The Morgan fingerprint density at radius 1 is 0.618 bits per heavy atom. The Hall–Kier alpha value is -1.85. The van der Waals surface area contributed by atoms with Crippen LogP contribution in [0.4, 0.5) is 0 Å². The zero-order valence-electron chi connectivity index (χ0n) is 36.8. The molecule has 0 saturated heterocycles. The fourth-order valence-corrected chi connectivity index (χ4v) is 9.36. The molecule has 6 fully saturated rings. The van der Waals surface area contributed by atoms with Crippen molar-refractivity contribution in [1.29, 1.82) is 5.31 Å². The van der Waals surface area contributed by atoms with Crippen molar-refractivity contribution in [2.24, 2.45) is 35.5 Å². The normalized spacial score (nSPS) is 27.1. The van der Waals surface area contributed by atoms with Crippen molar-refractivity contribution in [2.45, 2.75) is 180 Å². The summed E-state index contributed by atoms with van der Waals surface area (Å²) < 4.78 is 31.8. The van der Waals surface area contributed by atoms with Gasteiger partial charge in [0.25, 0.3) is 0 Å². The maximum atomic E-state index is 5.61. The minimum absolute atomic E-state index is 0. The van der Waals surface area contributed by atoms with E-state index in [1.165, 1.54) is 160 Å². The van der Waals surface area contributed by atoms with E-state index in [9.17, 15) is 0 Å². The third-order valence-corrected chi connectivity index (χ3v) is 12.2. The van der Waals surface area contributed by atoms with E-state index in [4.69, 9.17) is 20.4 Å². The maximum Gasteiger partial charge on any atom is 0 e. The molecule has 0 aromatic carbocycles. The summed E-state index contributed by atoms with van der Waals surface area (Å²) in [4.78, 5) is 0. The summed E-state index contributed by atoms with van der Waals surface area (Å²) in [6, 6.07) is 0. The second-order valence-corrected chi connectivity index (χ2v) is 16.5. The molecule has 6 nitrogen and oxygen atoms in total. The van der Waals surface area contributed by atoms with Crippen molar-refractivity contribution >= 4 is 7.64 Å². The molecule has 3 atom stereocenters. The molecule has 1 N–H and O–H groups in total. The number of methoxy groups -OCH3 is 1. The molecule has 4 bridgehead atoms. The topological polar surface area (TPSA) is 70.0 Å². The van der Waals surface area contributed by atoms with Crippen molar-refractivity contribution in [3.05, 3.63) is 63.2 Å². The molecular weight excluding hydrogens is 720 g/mol. The average Bonchev–Trinajstić information content (AvgIpc) is 4.00. The maximum absolute atomic E-state index is 5.61. The molecule has 6 rings (SSSR count). The molecule has 8 heteroatoms. The van der Waals surface area contributed by atoms with Gasteiger partial charge in [-0.2, -0.15) is 0 Å².